The van der Waals surface area contributed by atoms with Gasteiger partial charge in [-0.25, -0.2) is 0 Å². The molecular weight excluding hydrogens is 328 g/mol. The number of hydrogen-bond donors (Lipinski definition) is 0. The van der Waals surface area contributed by atoms with Gasteiger partial charge in [0.15, 0.2) is 0 Å². The molecule has 1 aromatic rings. The second-order valence-corrected chi connectivity index (χ2v) is 7.85. The molecule has 1 aliphatic rings. The van der Waals surface area contributed by atoms with Gasteiger partial charge in [0, 0.05) is 24.0 Å². The van der Waals surface area contributed by atoms with Gasteiger partial charge in [-0.1, -0.05) is 54.4 Å². The van der Waals surface area contributed by atoms with Crippen molar-refractivity contribution in [3.8, 4) is 5.75 Å². The molecule has 0 spiro atoms. The quantitative estimate of drug-likeness (QED) is 0.718. The second kappa shape index (κ2) is 6.70. The van der Waals surface area contributed by atoms with E-state index in [4.69, 9.17) is 9.47 Å². The molecule has 0 radical (unpaired) electrons. The Morgan fingerprint density at radius 2 is 1.90 bits per heavy atom. The van der Waals surface area contributed by atoms with Crippen molar-refractivity contribution in [1.82, 2.24) is 0 Å². The lowest BCUT2D eigenvalue weighted by molar-refractivity contribution is 0.00324. The summed E-state index contributed by atoms with van der Waals surface area (Å²) in [7, 11) is 0. The summed E-state index contributed by atoms with van der Waals surface area (Å²) < 4.78 is 11.8. The summed E-state index contributed by atoms with van der Waals surface area (Å²) in [5, 5.41) is 0.972. The van der Waals surface area contributed by atoms with Crippen molar-refractivity contribution in [2.75, 3.05) is 25.2 Å². The molecule has 0 saturated carbocycles. The van der Waals surface area contributed by atoms with Crippen LogP contribution in [0.1, 0.15) is 44.7 Å². The van der Waals surface area contributed by atoms with Gasteiger partial charge in [-0.2, -0.15) is 0 Å². The lowest BCUT2D eigenvalue weighted by Gasteiger charge is -2.36. The Morgan fingerprint density at radius 3 is 2.48 bits per heavy atom. The summed E-state index contributed by atoms with van der Waals surface area (Å²) in [6.45, 7) is 11.3. The third-order valence-electron chi connectivity index (χ3n) is 4.31. The minimum absolute atomic E-state index is 0.0958. The fraction of sp³-hybridized carbons (Fsp3) is 0.667. The fourth-order valence-electron chi connectivity index (χ4n) is 2.71. The number of rotatable bonds is 4. The van der Waals surface area contributed by atoms with E-state index in [9.17, 15) is 0 Å². The van der Waals surface area contributed by atoms with Crippen molar-refractivity contribution in [3.05, 3.63) is 29.3 Å². The maximum absolute atomic E-state index is 6.27. The maximum Gasteiger partial charge on any atom is 0.123 e. The van der Waals surface area contributed by atoms with Crippen LogP contribution < -0.4 is 4.74 Å². The second-order valence-electron chi connectivity index (χ2n) is 7.28. The van der Waals surface area contributed by atoms with E-state index in [0.717, 1.165) is 43.7 Å². The molecule has 0 atom stereocenters. The highest BCUT2D eigenvalue weighted by Crippen LogP contribution is 2.36. The van der Waals surface area contributed by atoms with E-state index in [1.807, 2.05) is 0 Å². The lowest BCUT2D eigenvalue weighted by atomic mass is 9.83. The van der Waals surface area contributed by atoms with E-state index < -0.39 is 0 Å². The molecule has 1 saturated heterocycles. The zero-order valence-electron chi connectivity index (χ0n) is 13.7. The van der Waals surface area contributed by atoms with E-state index in [2.05, 4.69) is 61.8 Å². The van der Waals surface area contributed by atoms with Gasteiger partial charge in [-0.3, -0.25) is 0 Å². The summed E-state index contributed by atoms with van der Waals surface area (Å²) in [5.41, 5.74) is 2.88. The molecule has 0 amide bonds. The predicted octanol–water partition coefficient (Wildman–Crippen LogP) is 4.86. The Labute approximate surface area is 137 Å². The van der Waals surface area contributed by atoms with Crippen LogP contribution in [0.15, 0.2) is 18.2 Å². The molecule has 0 aliphatic carbocycles. The highest BCUT2D eigenvalue weighted by Gasteiger charge is 2.33. The van der Waals surface area contributed by atoms with Gasteiger partial charge in [0.25, 0.3) is 0 Å². The first kappa shape index (κ1) is 16.8. The van der Waals surface area contributed by atoms with Gasteiger partial charge in [-0.15, -0.1) is 0 Å². The summed E-state index contributed by atoms with van der Waals surface area (Å²) >= 11 is 3.68. The van der Waals surface area contributed by atoms with E-state index in [0.29, 0.717) is 0 Å². The number of aryl methyl sites for hydroxylation is 1. The summed E-state index contributed by atoms with van der Waals surface area (Å²) in [6, 6.07) is 6.51. The van der Waals surface area contributed by atoms with Crippen LogP contribution in [-0.4, -0.2) is 25.2 Å². The van der Waals surface area contributed by atoms with E-state index in [1.54, 1.807) is 0 Å². The molecule has 0 bridgehead atoms. The molecule has 1 heterocycles. The van der Waals surface area contributed by atoms with Gasteiger partial charge in [0.1, 0.15) is 5.75 Å². The first-order valence-corrected chi connectivity index (χ1v) is 8.86. The first-order valence-electron chi connectivity index (χ1n) is 7.74. The zero-order valence-corrected chi connectivity index (χ0v) is 15.3. The van der Waals surface area contributed by atoms with Crippen molar-refractivity contribution in [2.24, 2.45) is 5.41 Å². The van der Waals surface area contributed by atoms with Crippen molar-refractivity contribution in [3.63, 3.8) is 0 Å². The smallest absolute Gasteiger partial charge is 0.123 e. The van der Waals surface area contributed by atoms with Crippen molar-refractivity contribution in [1.29, 1.82) is 0 Å². The van der Waals surface area contributed by atoms with Crippen LogP contribution in [0, 0.1) is 12.3 Å². The topological polar surface area (TPSA) is 18.5 Å². The highest BCUT2D eigenvalue weighted by molar-refractivity contribution is 9.09. The largest absolute Gasteiger partial charge is 0.493 e. The van der Waals surface area contributed by atoms with Gasteiger partial charge in [0.2, 0.25) is 0 Å². The first-order chi connectivity index (χ1) is 9.86. The Bertz CT molecular complexity index is 471. The Balaban J connectivity index is 2.16. The average Bonchev–Trinajstić information content (AvgIpc) is 2.46. The standard InChI is InChI=1S/C18H27BrO2/c1-14-5-6-16(15(11-14)17(2,3)4)21-13-18(12-19)7-9-20-10-8-18/h5-6,11H,7-10,12-13H2,1-4H3. The minimum Gasteiger partial charge on any atom is -0.493 e. The number of ether oxygens (including phenoxy) is 2. The monoisotopic (exact) mass is 354 g/mol. The normalized spacial score (nSPS) is 18.5. The number of benzene rings is 1. The molecule has 1 aliphatic heterocycles. The number of alkyl halides is 1. The molecule has 1 aromatic carbocycles. The molecule has 3 heteroatoms. The van der Waals surface area contributed by atoms with Crippen LogP contribution in [0.5, 0.6) is 5.75 Å². The predicted molar refractivity (Wildman–Crippen MR) is 91.7 cm³/mol. The summed E-state index contributed by atoms with van der Waals surface area (Å²) in [5.74, 6) is 1.03. The highest BCUT2D eigenvalue weighted by atomic mass is 79.9. The van der Waals surface area contributed by atoms with Gasteiger partial charge >= 0.3 is 0 Å². The third kappa shape index (κ3) is 4.23. The maximum atomic E-state index is 6.27. The Hall–Kier alpha value is -0.540. The van der Waals surface area contributed by atoms with Crippen LogP contribution in [0.4, 0.5) is 0 Å². The van der Waals surface area contributed by atoms with E-state index in [1.165, 1.54) is 11.1 Å². The molecular formula is C18H27BrO2. The van der Waals surface area contributed by atoms with Crippen molar-refractivity contribution < 1.29 is 9.47 Å². The average molecular weight is 355 g/mol. The molecule has 1 fully saturated rings. The molecule has 0 N–H and O–H groups in total. The van der Waals surface area contributed by atoms with Gasteiger partial charge in [0.05, 0.1) is 6.61 Å². The molecule has 2 rings (SSSR count). The van der Waals surface area contributed by atoms with E-state index >= 15 is 0 Å². The number of halogens is 1. The van der Waals surface area contributed by atoms with Crippen LogP contribution >= 0.6 is 15.9 Å². The number of hydrogen-bond acceptors (Lipinski definition) is 2. The van der Waals surface area contributed by atoms with Crippen molar-refractivity contribution >= 4 is 15.9 Å². The van der Waals surface area contributed by atoms with E-state index in [-0.39, 0.29) is 10.8 Å². The van der Waals surface area contributed by atoms with Crippen LogP contribution in [0.25, 0.3) is 0 Å². The summed E-state index contributed by atoms with van der Waals surface area (Å²) in [6.07, 6.45) is 2.13. The van der Waals surface area contributed by atoms with Gasteiger partial charge < -0.3 is 9.47 Å². The van der Waals surface area contributed by atoms with Gasteiger partial charge in [-0.05, 0) is 36.8 Å². The SMILES string of the molecule is Cc1ccc(OCC2(CBr)CCOCC2)c(C(C)(C)C)c1. The van der Waals surface area contributed by atoms with Crippen LogP contribution in [0.3, 0.4) is 0 Å². The van der Waals surface area contributed by atoms with Crippen LogP contribution in [0.2, 0.25) is 0 Å². The minimum atomic E-state index is 0.0958. The molecule has 21 heavy (non-hydrogen) atoms. The molecule has 118 valence electrons. The van der Waals surface area contributed by atoms with Crippen molar-refractivity contribution in [2.45, 2.75) is 46.0 Å². The van der Waals surface area contributed by atoms with Crippen LogP contribution in [-0.2, 0) is 10.2 Å². The summed E-state index contributed by atoms with van der Waals surface area (Å²) in [4.78, 5) is 0. The zero-order chi connectivity index (χ0) is 15.5. The molecule has 2 nitrogen and oxygen atoms in total. The molecule has 0 aromatic heterocycles. The third-order valence-corrected chi connectivity index (χ3v) is 5.50. The fourth-order valence-corrected chi connectivity index (χ4v) is 3.43. The Kier molecular flexibility index (Phi) is 5.37. The molecule has 0 unspecified atom stereocenters. The Morgan fingerprint density at radius 1 is 1.24 bits per heavy atom. The lowest BCUT2D eigenvalue weighted by Crippen LogP contribution is -2.37.